The van der Waals surface area contributed by atoms with Gasteiger partial charge in [-0.15, -0.1) is 0 Å². The smallest absolute Gasteiger partial charge is 0.251 e. The third-order valence-corrected chi connectivity index (χ3v) is 3.76. The Morgan fingerprint density at radius 3 is 3.00 bits per heavy atom. The number of aromatic nitrogens is 1. The SMILES string of the molecule is CC(C)CCCNC(=O)c1ccc2nc(N)sc2c1. The maximum absolute atomic E-state index is 12.0. The van der Waals surface area contributed by atoms with E-state index in [4.69, 9.17) is 5.73 Å². The van der Waals surface area contributed by atoms with Crippen molar-refractivity contribution in [3.63, 3.8) is 0 Å². The number of nitrogen functional groups attached to an aromatic ring is 1. The summed E-state index contributed by atoms with van der Waals surface area (Å²) in [4.78, 5) is 16.2. The topological polar surface area (TPSA) is 68.0 Å². The molecule has 1 aromatic heterocycles. The first-order valence-electron chi connectivity index (χ1n) is 6.50. The van der Waals surface area contributed by atoms with Crippen molar-refractivity contribution in [2.45, 2.75) is 26.7 Å². The van der Waals surface area contributed by atoms with Gasteiger partial charge in [-0.05, 0) is 37.0 Å². The molecule has 1 amide bonds. The Labute approximate surface area is 117 Å². The molecule has 0 fully saturated rings. The summed E-state index contributed by atoms with van der Waals surface area (Å²) >= 11 is 1.40. The molecule has 0 spiro atoms. The molecule has 0 radical (unpaired) electrons. The Morgan fingerprint density at radius 2 is 2.26 bits per heavy atom. The van der Waals surface area contributed by atoms with Gasteiger partial charge in [0.25, 0.3) is 5.91 Å². The van der Waals surface area contributed by atoms with Gasteiger partial charge in [0.1, 0.15) is 0 Å². The van der Waals surface area contributed by atoms with E-state index < -0.39 is 0 Å². The Balaban J connectivity index is 1.97. The lowest BCUT2D eigenvalue weighted by Crippen LogP contribution is -2.24. The normalized spacial score (nSPS) is 11.1. The molecule has 102 valence electrons. The van der Waals surface area contributed by atoms with Crippen molar-refractivity contribution in [2.75, 3.05) is 12.3 Å². The van der Waals surface area contributed by atoms with E-state index in [1.54, 1.807) is 6.07 Å². The van der Waals surface area contributed by atoms with Crippen LogP contribution in [0.2, 0.25) is 0 Å². The van der Waals surface area contributed by atoms with Crippen LogP contribution in [-0.4, -0.2) is 17.4 Å². The molecule has 0 aliphatic carbocycles. The van der Waals surface area contributed by atoms with Crippen LogP contribution in [-0.2, 0) is 0 Å². The highest BCUT2D eigenvalue weighted by atomic mass is 32.1. The Kier molecular flexibility index (Phi) is 4.37. The number of nitrogens with zero attached hydrogens (tertiary/aromatic N) is 1. The van der Waals surface area contributed by atoms with Crippen LogP contribution in [0, 0.1) is 5.92 Å². The van der Waals surface area contributed by atoms with Gasteiger partial charge in [-0.25, -0.2) is 4.98 Å². The van der Waals surface area contributed by atoms with Crippen LogP contribution in [0.3, 0.4) is 0 Å². The molecular formula is C14H19N3OS. The van der Waals surface area contributed by atoms with Crippen LogP contribution < -0.4 is 11.1 Å². The Hall–Kier alpha value is -1.62. The minimum absolute atomic E-state index is 0.0300. The number of carbonyl (C=O) groups is 1. The number of anilines is 1. The predicted molar refractivity (Wildman–Crippen MR) is 80.4 cm³/mol. The summed E-state index contributed by atoms with van der Waals surface area (Å²) in [5.41, 5.74) is 7.16. The van der Waals surface area contributed by atoms with Crippen molar-refractivity contribution in [1.29, 1.82) is 0 Å². The minimum atomic E-state index is -0.0300. The number of thiazole rings is 1. The second-order valence-corrected chi connectivity index (χ2v) is 6.09. The van der Waals surface area contributed by atoms with E-state index in [1.807, 2.05) is 12.1 Å². The molecule has 2 rings (SSSR count). The van der Waals surface area contributed by atoms with E-state index in [9.17, 15) is 4.79 Å². The van der Waals surface area contributed by atoms with Crippen LogP contribution in [0.4, 0.5) is 5.13 Å². The highest BCUT2D eigenvalue weighted by Crippen LogP contribution is 2.24. The lowest BCUT2D eigenvalue weighted by molar-refractivity contribution is 0.0952. The van der Waals surface area contributed by atoms with Gasteiger partial charge in [0.2, 0.25) is 0 Å². The summed E-state index contributed by atoms with van der Waals surface area (Å²) in [7, 11) is 0. The number of nitrogens with two attached hydrogens (primary N) is 1. The van der Waals surface area contributed by atoms with E-state index in [1.165, 1.54) is 11.3 Å². The number of hydrogen-bond donors (Lipinski definition) is 2. The summed E-state index contributed by atoms with van der Waals surface area (Å²) in [6, 6.07) is 5.48. The maximum atomic E-state index is 12.0. The van der Waals surface area contributed by atoms with Crippen molar-refractivity contribution < 1.29 is 4.79 Å². The van der Waals surface area contributed by atoms with Crippen molar-refractivity contribution in [1.82, 2.24) is 10.3 Å². The fourth-order valence-corrected chi connectivity index (χ4v) is 2.67. The van der Waals surface area contributed by atoms with E-state index >= 15 is 0 Å². The molecule has 4 nitrogen and oxygen atoms in total. The quantitative estimate of drug-likeness (QED) is 0.825. The summed E-state index contributed by atoms with van der Waals surface area (Å²) in [6.45, 7) is 5.09. The Bertz CT molecular complexity index is 577. The number of hydrogen-bond acceptors (Lipinski definition) is 4. The first-order valence-corrected chi connectivity index (χ1v) is 7.32. The molecule has 1 aromatic carbocycles. The van der Waals surface area contributed by atoms with Gasteiger partial charge in [0.05, 0.1) is 10.2 Å². The lowest BCUT2D eigenvalue weighted by atomic mass is 10.1. The first kappa shape index (κ1) is 13.8. The van der Waals surface area contributed by atoms with Crippen molar-refractivity contribution in [3.8, 4) is 0 Å². The number of fused-ring (bicyclic) bond motifs is 1. The van der Waals surface area contributed by atoms with Crippen LogP contribution in [0.1, 0.15) is 37.0 Å². The summed E-state index contributed by atoms with van der Waals surface area (Å²) in [5, 5.41) is 3.47. The molecule has 0 aliphatic rings. The highest BCUT2D eigenvalue weighted by Gasteiger charge is 2.08. The third kappa shape index (κ3) is 3.67. The van der Waals surface area contributed by atoms with E-state index in [2.05, 4.69) is 24.1 Å². The molecule has 0 saturated heterocycles. The molecule has 5 heteroatoms. The predicted octanol–water partition coefficient (Wildman–Crippen LogP) is 3.04. The fraction of sp³-hybridized carbons (Fsp3) is 0.429. The standard InChI is InChI=1S/C14H19N3OS/c1-9(2)4-3-7-16-13(18)10-5-6-11-12(8-10)19-14(15)17-11/h5-6,8-9H,3-4,7H2,1-2H3,(H2,15,17)(H,16,18). The number of carbonyl (C=O) groups excluding carboxylic acids is 1. The van der Waals surface area contributed by atoms with Crippen LogP contribution in [0.15, 0.2) is 18.2 Å². The Morgan fingerprint density at radius 1 is 1.47 bits per heavy atom. The van der Waals surface area contributed by atoms with Crippen molar-refractivity contribution in [2.24, 2.45) is 5.92 Å². The minimum Gasteiger partial charge on any atom is -0.375 e. The molecule has 0 aliphatic heterocycles. The maximum Gasteiger partial charge on any atom is 0.251 e. The van der Waals surface area contributed by atoms with Gasteiger partial charge in [-0.2, -0.15) is 0 Å². The largest absolute Gasteiger partial charge is 0.375 e. The van der Waals surface area contributed by atoms with Crippen molar-refractivity contribution >= 4 is 32.6 Å². The molecule has 2 aromatic rings. The molecule has 0 bridgehead atoms. The van der Waals surface area contributed by atoms with Gasteiger partial charge >= 0.3 is 0 Å². The first-order chi connectivity index (χ1) is 9.06. The molecule has 0 atom stereocenters. The van der Waals surface area contributed by atoms with E-state index in [0.29, 0.717) is 16.6 Å². The van der Waals surface area contributed by atoms with Crippen LogP contribution in [0.5, 0.6) is 0 Å². The number of benzene rings is 1. The molecule has 0 saturated carbocycles. The molecule has 0 unspecified atom stereocenters. The zero-order chi connectivity index (χ0) is 13.8. The molecular weight excluding hydrogens is 258 g/mol. The van der Waals surface area contributed by atoms with Gasteiger partial charge < -0.3 is 11.1 Å². The molecule has 19 heavy (non-hydrogen) atoms. The monoisotopic (exact) mass is 277 g/mol. The van der Waals surface area contributed by atoms with E-state index in [-0.39, 0.29) is 5.91 Å². The second kappa shape index (κ2) is 6.02. The fourth-order valence-electron chi connectivity index (χ4n) is 1.90. The van der Waals surface area contributed by atoms with Gasteiger partial charge in [0.15, 0.2) is 5.13 Å². The number of rotatable bonds is 5. The van der Waals surface area contributed by atoms with Gasteiger partial charge in [0, 0.05) is 12.1 Å². The average molecular weight is 277 g/mol. The van der Waals surface area contributed by atoms with E-state index in [0.717, 1.165) is 29.6 Å². The molecule has 3 N–H and O–H groups in total. The zero-order valence-corrected chi connectivity index (χ0v) is 12.1. The number of amides is 1. The van der Waals surface area contributed by atoms with Crippen molar-refractivity contribution in [3.05, 3.63) is 23.8 Å². The second-order valence-electron chi connectivity index (χ2n) is 5.03. The molecule has 1 heterocycles. The lowest BCUT2D eigenvalue weighted by Gasteiger charge is -2.06. The summed E-state index contributed by atoms with van der Waals surface area (Å²) in [5.74, 6) is 0.644. The van der Waals surface area contributed by atoms with Gasteiger partial charge in [-0.3, -0.25) is 4.79 Å². The third-order valence-electron chi connectivity index (χ3n) is 2.91. The summed E-state index contributed by atoms with van der Waals surface area (Å²) < 4.78 is 0.951. The van der Waals surface area contributed by atoms with Gasteiger partial charge in [-0.1, -0.05) is 25.2 Å². The summed E-state index contributed by atoms with van der Waals surface area (Å²) in [6.07, 6.45) is 2.14. The van der Waals surface area contributed by atoms with Crippen LogP contribution in [0.25, 0.3) is 10.2 Å². The average Bonchev–Trinajstić information content (AvgIpc) is 2.73. The highest BCUT2D eigenvalue weighted by molar-refractivity contribution is 7.22. The number of nitrogens with one attached hydrogen (secondary N) is 1. The van der Waals surface area contributed by atoms with Crippen LogP contribution >= 0.6 is 11.3 Å². The zero-order valence-electron chi connectivity index (χ0n) is 11.3.